The molecule has 0 saturated heterocycles. The standard InChI is InChI=1S/C18H23N3O3S2/c1-13-16-9-11-25-17(16)8-10-21(13)12-18(22)19-14-4-6-15(7-5-14)26(23,24)20(2)3/h4-7,9,11,13H,8,10,12H2,1-3H3,(H,19,22)/p+1/t13-/m0/s1. The van der Waals surface area contributed by atoms with Gasteiger partial charge in [0.05, 0.1) is 11.4 Å². The molecule has 1 amide bonds. The van der Waals surface area contributed by atoms with Gasteiger partial charge in [-0.25, -0.2) is 12.7 Å². The monoisotopic (exact) mass is 394 g/mol. The third kappa shape index (κ3) is 3.83. The number of thiophene rings is 1. The number of anilines is 1. The van der Waals surface area contributed by atoms with Gasteiger partial charge in [0.2, 0.25) is 10.0 Å². The number of benzene rings is 1. The third-order valence-electron chi connectivity index (χ3n) is 4.84. The highest BCUT2D eigenvalue weighted by molar-refractivity contribution is 7.89. The zero-order chi connectivity index (χ0) is 18.9. The predicted octanol–water partition coefficient (Wildman–Crippen LogP) is 1.14. The van der Waals surface area contributed by atoms with E-state index < -0.39 is 10.0 Å². The fourth-order valence-corrected chi connectivity index (χ4v) is 5.11. The fraction of sp³-hybridized carbons (Fsp3) is 0.389. The van der Waals surface area contributed by atoms with Gasteiger partial charge >= 0.3 is 0 Å². The lowest BCUT2D eigenvalue weighted by Gasteiger charge is -2.29. The Balaban J connectivity index is 1.62. The molecule has 1 aliphatic heterocycles. The second-order valence-corrected chi connectivity index (χ2v) is 9.87. The van der Waals surface area contributed by atoms with Crippen molar-refractivity contribution >= 4 is 33.0 Å². The van der Waals surface area contributed by atoms with E-state index in [2.05, 4.69) is 23.7 Å². The Morgan fingerprint density at radius 3 is 2.62 bits per heavy atom. The molecule has 0 spiro atoms. The number of quaternary nitrogens is 1. The minimum atomic E-state index is -3.46. The van der Waals surface area contributed by atoms with E-state index in [-0.39, 0.29) is 10.8 Å². The van der Waals surface area contributed by atoms with Crippen molar-refractivity contribution in [1.29, 1.82) is 0 Å². The molecule has 1 unspecified atom stereocenters. The highest BCUT2D eigenvalue weighted by atomic mass is 32.2. The number of hydrogen-bond acceptors (Lipinski definition) is 4. The minimum Gasteiger partial charge on any atom is -0.321 e. The summed E-state index contributed by atoms with van der Waals surface area (Å²) in [5.41, 5.74) is 1.95. The summed E-state index contributed by atoms with van der Waals surface area (Å²) in [5, 5.41) is 4.99. The summed E-state index contributed by atoms with van der Waals surface area (Å²) in [4.78, 5) is 15.3. The molecule has 0 saturated carbocycles. The first-order valence-electron chi connectivity index (χ1n) is 8.52. The topological polar surface area (TPSA) is 70.9 Å². The van der Waals surface area contributed by atoms with E-state index in [1.54, 1.807) is 23.5 Å². The summed E-state index contributed by atoms with van der Waals surface area (Å²) in [7, 11) is -0.472. The van der Waals surface area contributed by atoms with E-state index in [9.17, 15) is 13.2 Å². The molecular weight excluding hydrogens is 370 g/mol. The van der Waals surface area contributed by atoms with Gasteiger partial charge in [-0.15, -0.1) is 11.3 Å². The van der Waals surface area contributed by atoms with Gasteiger partial charge in [0.1, 0.15) is 6.04 Å². The average molecular weight is 395 g/mol. The van der Waals surface area contributed by atoms with Crippen LogP contribution in [0.15, 0.2) is 40.6 Å². The molecule has 2 N–H and O–H groups in total. The van der Waals surface area contributed by atoms with Crippen LogP contribution in [0, 0.1) is 0 Å². The number of hydrogen-bond donors (Lipinski definition) is 2. The Kier molecular flexibility index (Phi) is 5.47. The normalized spacial score (nSPS) is 20.0. The molecule has 1 aromatic heterocycles. The molecule has 3 rings (SSSR count). The molecule has 0 fully saturated rings. The van der Waals surface area contributed by atoms with Crippen LogP contribution in [0.5, 0.6) is 0 Å². The minimum absolute atomic E-state index is 0.0613. The van der Waals surface area contributed by atoms with Crippen LogP contribution >= 0.6 is 11.3 Å². The predicted molar refractivity (Wildman–Crippen MR) is 103 cm³/mol. The molecule has 2 atom stereocenters. The van der Waals surface area contributed by atoms with E-state index >= 15 is 0 Å². The first-order chi connectivity index (χ1) is 12.3. The van der Waals surface area contributed by atoms with Crippen LogP contribution in [0.25, 0.3) is 0 Å². The number of nitrogens with one attached hydrogen (secondary N) is 2. The number of sulfonamides is 1. The van der Waals surface area contributed by atoms with Gasteiger partial charge in [-0.05, 0) is 42.6 Å². The van der Waals surface area contributed by atoms with E-state index in [0.29, 0.717) is 18.3 Å². The lowest BCUT2D eigenvalue weighted by atomic mass is 10.0. The first kappa shape index (κ1) is 19.0. The quantitative estimate of drug-likeness (QED) is 0.799. The lowest BCUT2D eigenvalue weighted by Crippen LogP contribution is -3.14. The SMILES string of the molecule is C[C@H]1c2ccsc2CC[NH+]1CC(=O)Nc1ccc(S(=O)(=O)N(C)C)cc1. The van der Waals surface area contributed by atoms with Crippen molar-refractivity contribution < 1.29 is 18.1 Å². The van der Waals surface area contributed by atoms with Crippen molar-refractivity contribution in [1.82, 2.24) is 4.31 Å². The maximum absolute atomic E-state index is 12.4. The molecule has 1 aliphatic rings. The van der Waals surface area contributed by atoms with Gasteiger partial charge < -0.3 is 10.2 Å². The summed E-state index contributed by atoms with van der Waals surface area (Å²) < 4.78 is 25.3. The molecular formula is C18H24N3O3S2+. The molecule has 6 nitrogen and oxygen atoms in total. The summed E-state index contributed by atoms with van der Waals surface area (Å²) in [6.45, 7) is 3.50. The second-order valence-electron chi connectivity index (χ2n) is 6.72. The first-order valence-corrected chi connectivity index (χ1v) is 10.8. The second kappa shape index (κ2) is 7.48. The molecule has 8 heteroatoms. The Morgan fingerprint density at radius 2 is 1.96 bits per heavy atom. The van der Waals surface area contributed by atoms with E-state index in [1.165, 1.54) is 45.9 Å². The average Bonchev–Trinajstić information content (AvgIpc) is 3.07. The van der Waals surface area contributed by atoms with Crippen molar-refractivity contribution in [3.05, 3.63) is 46.2 Å². The number of rotatable bonds is 5. The summed E-state index contributed by atoms with van der Waals surface area (Å²) in [6.07, 6.45) is 1.01. The van der Waals surface area contributed by atoms with Crippen LogP contribution in [0.2, 0.25) is 0 Å². The molecule has 140 valence electrons. The lowest BCUT2D eigenvalue weighted by molar-refractivity contribution is -0.923. The summed E-state index contributed by atoms with van der Waals surface area (Å²) in [5.74, 6) is -0.0613. The van der Waals surface area contributed by atoms with Gasteiger partial charge in [-0.1, -0.05) is 0 Å². The van der Waals surface area contributed by atoms with E-state index in [1.807, 2.05) is 0 Å². The highest BCUT2D eigenvalue weighted by Gasteiger charge is 2.29. The Labute approximate surface area is 158 Å². The van der Waals surface area contributed by atoms with Crippen LogP contribution in [-0.2, 0) is 21.2 Å². The summed E-state index contributed by atoms with van der Waals surface area (Å²) >= 11 is 1.79. The maximum atomic E-state index is 12.4. The Morgan fingerprint density at radius 1 is 1.27 bits per heavy atom. The van der Waals surface area contributed by atoms with Crippen LogP contribution in [0.4, 0.5) is 5.69 Å². The zero-order valence-corrected chi connectivity index (χ0v) is 16.8. The number of fused-ring (bicyclic) bond motifs is 1. The van der Waals surface area contributed by atoms with Crippen molar-refractivity contribution in [3.8, 4) is 0 Å². The maximum Gasteiger partial charge on any atom is 0.279 e. The third-order valence-corrected chi connectivity index (χ3v) is 7.66. The van der Waals surface area contributed by atoms with Crippen LogP contribution in [0.1, 0.15) is 23.4 Å². The molecule has 0 radical (unpaired) electrons. The Bertz CT molecular complexity index is 889. The van der Waals surface area contributed by atoms with Crippen LogP contribution in [0.3, 0.4) is 0 Å². The van der Waals surface area contributed by atoms with E-state index in [0.717, 1.165) is 13.0 Å². The van der Waals surface area contributed by atoms with E-state index in [4.69, 9.17) is 0 Å². The number of carbonyl (C=O) groups excluding carboxylic acids is 1. The zero-order valence-electron chi connectivity index (χ0n) is 15.2. The van der Waals surface area contributed by atoms with Gasteiger partial charge in [0, 0.05) is 36.6 Å². The van der Waals surface area contributed by atoms with Gasteiger partial charge in [-0.2, -0.15) is 0 Å². The smallest absolute Gasteiger partial charge is 0.279 e. The van der Waals surface area contributed by atoms with Gasteiger partial charge in [0.15, 0.2) is 6.54 Å². The van der Waals surface area contributed by atoms with Gasteiger partial charge in [-0.3, -0.25) is 4.79 Å². The number of amides is 1. The van der Waals surface area contributed by atoms with Crippen molar-refractivity contribution in [2.24, 2.45) is 0 Å². The fourth-order valence-electron chi connectivity index (χ4n) is 3.22. The molecule has 0 aliphatic carbocycles. The molecule has 26 heavy (non-hydrogen) atoms. The van der Waals surface area contributed by atoms with Crippen molar-refractivity contribution in [3.63, 3.8) is 0 Å². The molecule has 2 heterocycles. The van der Waals surface area contributed by atoms with Gasteiger partial charge in [0.25, 0.3) is 5.91 Å². The van der Waals surface area contributed by atoms with Crippen LogP contribution in [-0.4, -0.2) is 45.8 Å². The molecule has 1 aromatic carbocycles. The largest absolute Gasteiger partial charge is 0.321 e. The van der Waals surface area contributed by atoms with Crippen molar-refractivity contribution in [2.45, 2.75) is 24.3 Å². The number of carbonyl (C=O) groups is 1. The summed E-state index contributed by atoms with van der Waals surface area (Å²) in [6, 6.07) is 8.74. The Hall–Kier alpha value is -1.74. The number of nitrogens with zero attached hydrogens (tertiary/aromatic N) is 1. The molecule has 0 bridgehead atoms. The molecule has 2 aromatic rings. The van der Waals surface area contributed by atoms with Crippen LogP contribution < -0.4 is 10.2 Å². The highest BCUT2D eigenvalue weighted by Crippen LogP contribution is 2.24. The van der Waals surface area contributed by atoms with Crippen molar-refractivity contribution in [2.75, 3.05) is 32.5 Å².